The maximum Gasteiger partial charge on any atom is 0.343 e. The molecule has 0 saturated carbocycles. The number of phenolic OH excluding ortho intramolecular Hbond substituents is 1. The minimum absolute atomic E-state index is 0.0767. The van der Waals surface area contributed by atoms with Gasteiger partial charge in [0.2, 0.25) is 0 Å². The summed E-state index contributed by atoms with van der Waals surface area (Å²) in [7, 11) is 1.26. The Balaban J connectivity index is 1.90. The lowest BCUT2D eigenvalue weighted by Crippen LogP contribution is -2.40. The molecule has 4 rings (SSSR count). The van der Waals surface area contributed by atoms with Crippen molar-refractivity contribution in [3.05, 3.63) is 84.5 Å². The summed E-state index contributed by atoms with van der Waals surface area (Å²) in [6.07, 6.45) is 1.67. The summed E-state index contributed by atoms with van der Waals surface area (Å²) in [5.74, 6) is -0.425. The second-order valence-electron chi connectivity index (χ2n) is 8.40. The number of benzene rings is 2. The zero-order chi connectivity index (χ0) is 28.1. The second kappa shape index (κ2) is 12.0. The fourth-order valence-electron chi connectivity index (χ4n) is 4.15. The molecule has 2 heterocycles. The first-order chi connectivity index (χ1) is 18.8. The van der Waals surface area contributed by atoms with Crippen LogP contribution in [0.1, 0.15) is 37.9 Å². The predicted molar refractivity (Wildman–Crippen MR) is 144 cm³/mol. The molecule has 0 amide bonds. The van der Waals surface area contributed by atoms with Crippen molar-refractivity contribution >= 4 is 29.4 Å². The van der Waals surface area contributed by atoms with Gasteiger partial charge in [-0.15, -0.1) is 0 Å². The summed E-state index contributed by atoms with van der Waals surface area (Å²) in [5, 5.41) is 9.84. The lowest BCUT2D eigenvalue weighted by molar-refractivity contribution is -0.143. The molecule has 2 aromatic carbocycles. The SMILES string of the molecule is CCOC(=O)C1=C(C)N=c2s/c(=C\c3cccc(O)c3)c(=O)n2[C@H]1c1ccc(OCC(=O)OC)c(OCC)c1. The van der Waals surface area contributed by atoms with E-state index in [2.05, 4.69) is 9.73 Å². The molecule has 0 fully saturated rings. The van der Waals surface area contributed by atoms with Crippen LogP contribution in [0.25, 0.3) is 6.08 Å². The van der Waals surface area contributed by atoms with Gasteiger partial charge in [-0.05, 0) is 62.2 Å². The number of fused-ring (bicyclic) bond motifs is 1. The first-order valence-corrected chi connectivity index (χ1v) is 13.0. The fraction of sp³-hybridized carbons (Fsp3) is 0.286. The summed E-state index contributed by atoms with van der Waals surface area (Å²) in [4.78, 5) is 43.5. The molecular formula is C28H28N2O8S. The van der Waals surface area contributed by atoms with Crippen LogP contribution in [-0.4, -0.2) is 48.5 Å². The molecule has 0 aliphatic carbocycles. The van der Waals surface area contributed by atoms with Crippen molar-refractivity contribution in [3.8, 4) is 17.2 Å². The molecule has 1 aromatic heterocycles. The number of aromatic hydroxyl groups is 1. The maximum atomic E-state index is 13.7. The van der Waals surface area contributed by atoms with Crippen LogP contribution in [0.3, 0.4) is 0 Å². The standard InChI is InChI=1S/C28H28N2O8S/c1-5-36-21-14-18(10-11-20(21)38-15-23(32)35-4)25-24(27(34)37-6-2)16(3)29-28-30(25)26(33)22(39-28)13-17-8-7-9-19(31)12-17/h7-14,25,31H,5-6,15H2,1-4H3/b22-13-/t25-/m0/s1. The monoisotopic (exact) mass is 552 g/mol. The van der Waals surface area contributed by atoms with E-state index in [1.807, 2.05) is 0 Å². The van der Waals surface area contributed by atoms with Gasteiger partial charge in [0.1, 0.15) is 5.75 Å². The van der Waals surface area contributed by atoms with Crippen molar-refractivity contribution < 1.29 is 33.6 Å². The van der Waals surface area contributed by atoms with E-state index in [4.69, 9.17) is 14.2 Å². The van der Waals surface area contributed by atoms with Crippen LogP contribution in [0.2, 0.25) is 0 Å². The zero-order valence-corrected chi connectivity index (χ0v) is 22.7. The van der Waals surface area contributed by atoms with Gasteiger partial charge >= 0.3 is 11.9 Å². The number of methoxy groups -OCH3 is 1. The second-order valence-corrected chi connectivity index (χ2v) is 9.41. The highest BCUT2D eigenvalue weighted by Gasteiger charge is 2.34. The van der Waals surface area contributed by atoms with Crippen LogP contribution in [0.15, 0.2) is 63.5 Å². The Hall–Kier alpha value is -4.38. The van der Waals surface area contributed by atoms with Gasteiger partial charge in [-0.1, -0.05) is 29.5 Å². The van der Waals surface area contributed by atoms with E-state index in [-0.39, 0.29) is 30.1 Å². The summed E-state index contributed by atoms with van der Waals surface area (Å²) >= 11 is 1.18. The van der Waals surface area contributed by atoms with Crippen molar-refractivity contribution in [2.75, 3.05) is 26.9 Å². The molecule has 0 unspecified atom stereocenters. The molecule has 0 bridgehead atoms. The molecule has 10 nitrogen and oxygen atoms in total. The first kappa shape index (κ1) is 27.6. The van der Waals surface area contributed by atoms with Crippen molar-refractivity contribution in [1.29, 1.82) is 0 Å². The highest BCUT2D eigenvalue weighted by atomic mass is 32.1. The maximum absolute atomic E-state index is 13.7. The van der Waals surface area contributed by atoms with Gasteiger partial charge in [-0.2, -0.15) is 0 Å². The third-order valence-electron chi connectivity index (χ3n) is 5.84. The average Bonchev–Trinajstić information content (AvgIpc) is 3.21. The molecule has 0 saturated heterocycles. The lowest BCUT2D eigenvalue weighted by Gasteiger charge is -2.25. The molecule has 0 spiro atoms. The van der Waals surface area contributed by atoms with Gasteiger partial charge in [0.05, 0.1) is 42.2 Å². The summed E-state index contributed by atoms with van der Waals surface area (Å²) < 4.78 is 23.2. The third kappa shape index (κ3) is 5.88. The highest BCUT2D eigenvalue weighted by molar-refractivity contribution is 7.07. The number of esters is 2. The molecule has 204 valence electrons. The van der Waals surface area contributed by atoms with Gasteiger partial charge < -0.3 is 24.1 Å². The van der Waals surface area contributed by atoms with Crippen LogP contribution in [0.4, 0.5) is 0 Å². The van der Waals surface area contributed by atoms with E-state index in [0.29, 0.717) is 44.3 Å². The molecule has 3 aromatic rings. The number of rotatable bonds is 9. The van der Waals surface area contributed by atoms with E-state index >= 15 is 0 Å². The number of hydrogen-bond acceptors (Lipinski definition) is 10. The predicted octanol–water partition coefficient (Wildman–Crippen LogP) is 2.45. The Morgan fingerprint density at radius 2 is 1.90 bits per heavy atom. The smallest absolute Gasteiger partial charge is 0.343 e. The van der Waals surface area contributed by atoms with E-state index in [0.717, 1.165) is 0 Å². The van der Waals surface area contributed by atoms with Crippen LogP contribution < -0.4 is 24.4 Å². The number of carbonyl (C=O) groups excluding carboxylic acids is 2. The van der Waals surface area contributed by atoms with Gasteiger partial charge in [-0.3, -0.25) is 9.36 Å². The Morgan fingerprint density at radius 3 is 2.59 bits per heavy atom. The van der Waals surface area contributed by atoms with E-state index in [1.54, 1.807) is 69.3 Å². The number of thiazole rings is 1. The molecule has 0 radical (unpaired) electrons. The number of carbonyl (C=O) groups is 2. The number of allylic oxidation sites excluding steroid dienone is 1. The van der Waals surface area contributed by atoms with Gasteiger partial charge in [-0.25, -0.2) is 14.6 Å². The van der Waals surface area contributed by atoms with E-state index in [1.165, 1.54) is 23.0 Å². The zero-order valence-electron chi connectivity index (χ0n) is 21.9. The Labute approximate surface area is 228 Å². The normalized spacial score (nSPS) is 14.9. The molecule has 1 atom stereocenters. The molecule has 1 aliphatic rings. The molecule has 11 heteroatoms. The van der Waals surface area contributed by atoms with Gasteiger partial charge in [0.15, 0.2) is 22.9 Å². The molecule has 1 N–H and O–H groups in total. The Bertz CT molecular complexity index is 1620. The van der Waals surface area contributed by atoms with Crippen molar-refractivity contribution in [2.45, 2.75) is 26.8 Å². The minimum atomic E-state index is -0.861. The summed E-state index contributed by atoms with van der Waals surface area (Å²) in [6.45, 7) is 5.35. The minimum Gasteiger partial charge on any atom is -0.508 e. The van der Waals surface area contributed by atoms with Gasteiger partial charge in [0.25, 0.3) is 5.56 Å². The highest BCUT2D eigenvalue weighted by Crippen LogP contribution is 2.36. The number of phenols is 1. The van der Waals surface area contributed by atoms with Crippen LogP contribution in [-0.2, 0) is 19.1 Å². The Morgan fingerprint density at radius 1 is 1.10 bits per heavy atom. The number of aromatic nitrogens is 1. The van der Waals surface area contributed by atoms with Crippen LogP contribution in [0, 0.1) is 0 Å². The van der Waals surface area contributed by atoms with Crippen molar-refractivity contribution in [2.24, 2.45) is 4.99 Å². The Kier molecular flexibility index (Phi) is 8.50. The lowest BCUT2D eigenvalue weighted by atomic mass is 9.95. The van der Waals surface area contributed by atoms with E-state index < -0.39 is 18.0 Å². The molecule has 39 heavy (non-hydrogen) atoms. The molecule has 1 aliphatic heterocycles. The van der Waals surface area contributed by atoms with Crippen molar-refractivity contribution in [3.63, 3.8) is 0 Å². The average molecular weight is 553 g/mol. The van der Waals surface area contributed by atoms with E-state index in [9.17, 15) is 19.5 Å². The number of nitrogens with zero attached hydrogens (tertiary/aromatic N) is 2. The number of ether oxygens (including phenoxy) is 4. The molecular weight excluding hydrogens is 524 g/mol. The summed E-state index contributed by atoms with van der Waals surface area (Å²) in [6, 6.07) is 10.7. The largest absolute Gasteiger partial charge is 0.508 e. The first-order valence-electron chi connectivity index (χ1n) is 12.2. The third-order valence-corrected chi connectivity index (χ3v) is 6.82. The van der Waals surface area contributed by atoms with Crippen LogP contribution in [0.5, 0.6) is 17.2 Å². The van der Waals surface area contributed by atoms with Gasteiger partial charge in [0, 0.05) is 0 Å². The topological polar surface area (TPSA) is 126 Å². The number of hydrogen-bond donors (Lipinski definition) is 1. The quantitative estimate of drug-likeness (QED) is 0.402. The van der Waals surface area contributed by atoms with Crippen LogP contribution >= 0.6 is 11.3 Å². The summed E-state index contributed by atoms with van der Waals surface area (Å²) in [5.41, 5.74) is 1.49. The van der Waals surface area contributed by atoms with Crippen molar-refractivity contribution in [1.82, 2.24) is 4.57 Å². The fourth-order valence-corrected chi connectivity index (χ4v) is 5.20.